The zero-order valence-electron chi connectivity index (χ0n) is 9.34. The summed E-state index contributed by atoms with van der Waals surface area (Å²) in [6.45, 7) is 0. The SMILES string of the molecule is O=CCCCCCCCCCCCP. The molecule has 1 unspecified atom stereocenters. The molecule has 0 aromatic carbocycles. The van der Waals surface area contributed by atoms with E-state index >= 15 is 0 Å². The van der Waals surface area contributed by atoms with Crippen LogP contribution < -0.4 is 0 Å². The molecule has 0 N–H and O–H groups in total. The first-order valence-corrected chi connectivity index (χ1v) is 6.87. The maximum absolute atomic E-state index is 10.0. The molecular weight excluding hydrogens is 191 g/mol. The fourth-order valence-corrected chi connectivity index (χ4v) is 1.90. The van der Waals surface area contributed by atoms with Crippen LogP contribution in [0.1, 0.15) is 64.2 Å². The van der Waals surface area contributed by atoms with Gasteiger partial charge in [-0.25, -0.2) is 0 Å². The number of unbranched alkanes of at least 4 members (excludes halogenated alkanes) is 9. The Balaban J connectivity index is 2.81. The van der Waals surface area contributed by atoms with Gasteiger partial charge in [-0.15, -0.1) is 9.24 Å². The van der Waals surface area contributed by atoms with Crippen LogP contribution >= 0.6 is 9.24 Å². The van der Waals surface area contributed by atoms with Crippen molar-refractivity contribution in [2.75, 3.05) is 6.16 Å². The fraction of sp³-hybridized carbons (Fsp3) is 0.917. The molecule has 1 atom stereocenters. The Morgan fingerprint density at radius 1 is 0.714 bits per heavy atom. The minimum Gasteiger partial charge on any atom is -0.303 e. The Bertz CT molecular complexity index is 115. The van der Waals surface area contributed by atoms with Gasteiger partial charge in [-0.1, -0.05) is 44.9 Å². The van der Waals surface area contributed by atoms with Gasteiger partial charge in [-0.2, -0.15) is 0 Å². The van der Waals surface area contributed by atoms with Crippen LogP contribution in [0.15, 0.2) is 0 Å². The maximum atomic E-state index is 10.0. The summed E-state index contributed by atoms with van der Waals surface area (Å²) in [6, 6.07) is 0. The lowest BCUT2D eigenvalue weighted by molar-refractivity contribution is -0.107. The topological polar surface area (TPSA) is 17.1 Å². The number of hydrogen-bond donors (Lipinski definition) is 0. The fourth-order valence-electron chi connectivity index (χ4n) is 1.61. The van der Waals surface area contributed by atoms with Crippen molar-refractivity contribution >= 4 is 15.5 Å². The number of hydrogen-bond acceptors (Lipinski definition) is 1. The molecule has 0 aromatic rings. The summed E-state index contributed by atoms with van der Waals surface area (Å²) >= 11 is 0. The summed E-state index contributed by atoms with van der Waals surface area (Å²) in [5, 5.41) is 0. The van der Waals surface area contributed by atoms with Gasteiger partial charge in [0.2, 0.25) is 0 Å². The summed E-state index contributed by atoms with van der Waals surface area (Å²) in [6.07, 6.45) is 15.0. The first-order valence-electron chi connectivity index (χ1n) is 6.05. The summed E-state index contributed by atoms with van der Waals surface area (Å²) < 4.78 is 0. The Morgan fingerprint density at radius 3 is 1.57 bits per heavy atom. The number of rotatable bonds is 11. The second kappa shape index (κ2) is 13.1. The van der Waals surface area contributed by atoms with E-state index in [2.05, 4.69) is 9.24 Å². The van der Waals surface area contributed by atoms with Crippen molar-refractivity contribution in [2.45, 2.75) is 64.2 Å². The summed E-state index contributed by atoms with van der Waals surface area (Å²) in [5.74, 6) is 0. The van der Waals surface area contributed by atoms with E-state index in [0.717, 1.165) is 19.1 Å². The molecule has 0 saturated carbocycles. The van der Waals surface area contributed by atoms with E-state index in [1.807, 2.05) is 0 Å². The van der Waals surface area contributed by atoms with Crippen molar-refractivity contribution in [3.05, 3.63) is 0 Å². The van der Waals surface area contributed by atoms with E-state index in [4.69, 9.17) is 0 Å². The standard InChI is InChI=1S/C12H25OP/c13-11-9-7-5-3-1-2-4-6-8-10-12-14/h11H,1-10,12,14H2. The highest BCUT2D eigenvalue weighted by atomic mass is 31.0. The summed E-state index contributed by atoms with van der Waals surface area (Å²) in [7, 11) is 2.78. The van der Waals surface area contributed by atoms with Gasteiger partial charge in [0.05, 0.1) is 0 Å². The lowest BCUT2D eigenvalue weighted by Crippen LogP contribution is -1.82. The molecule has 84 valence electrons. The molecule has 0 aliphatic rings. The molecule has 0 amide bonds. The molecule has 0 aromatic heterocycles. The van der Waals surface area contributed by atoms with Crippen molar-refractivity contribution in [1.29, 1.82) is 0 Å². The second-order valence-electron chi connectivity index (χ2n) is 3.93. The molecule has 0 fully saturated rings. The molecule has 1 nitrogen and oxygen atoms in total. The summed E-state index contributed by atoms with van der Waals surface area (Å²) in [4.78, 5) is 10.0. The largest absolute Gasteiger partial charge is 0.303 e. The number of carbonyl (C=O) groups excluding carboxylic acids is 1. The highest BCUT2D eigenvalue weighted by Gasteiger charge is 1.91. The third-order valence-electron chi connectivity index (χ3n) is 2.53. The minimum absolute atomic E-state index is 0.758. The first-order chi connectivity index (χ1) is 6.91. The molecule has 0 aliphatic heterocycles. The Morgan fingerprint density at radius 2 is 1.14 bits per heavy atom. The van der Waals surface area contributed by atoms with Crippen molar-refractivity contribution in [3.63, 3.8) is 0 Å². The van der Waals surface area contributed by atoms with Crippen LogP contribution in [0.5, 0.6) is 0 Å². The first kappa shape index (κ1) is 14.1. The van der Waals surface area contributed by atoms with Crippen LogP contribution in [0.4, 0.5) is 0 Å². The smallest absolute Gasteiger partial charge is 0.119 e. The third kappa shape index (κ3) is 12.1. The monoisotopic (exact) mass is 216 g/mol. The van der Waals surface area contributed by atoms with E-state index in [-0.39, 0.29) is 0 Å². The van der Waals surface area contributed by atoms with E-state index in [9.17, 15) is 4.79 Å². The average Bonchev–Trinajstić information content (AvgIpc) is 2.21. The quantitative estimate of drug-likeness (QED) is 0.290. The molecule has 0 heterocycles. The van der Waals surface area contributed by atoms with E-state index in [0.29, 0.717) is 0 Å². The van der Waals surface area contributed by atoms with Crippen LogP contribution in [0.2, 0.25) is 0 Å². The van der Waals surface area contributed by atoms with E-state index in [1.165, 1.54) is 57.5 Å². The Labute approximate surface area is 91.2 Å². The maximum Gasteiger partial charge on any atom is 0.119 e. The van der Waals surface area contributed by atoms with Crippen molar-refractivity contribution in [3.8, 4) is 0 Å². The molecule has 0 spiro atoms. The van der Waals surface area contributed by atoms with Gasteiger partial charge >= 0.3 is 0 Å². The number of aldehydes is 1. The molecule has 0 saturated heterocycles. The minimum atomic E-state index is 0.758. The Hall–Kier alpha value is 0.100. The second-order valence-corrected chi connectivity index (χ2v) is 4.50. The predicted molar refractivity (Wildman–Crippen MR) is 66.8 cm³/mol. The number of carbonyl (C=O) groups is 1. The summed E-state index contributed by atoms with van der Waals surface area (Å²) in [5.41, 5.74) is 0. The zero-order chi connectivity index (χ0) is 10.5. The van der Waals surface area contributed by atoms with Crippen LogP contribution in [0.3, 0.4) is 0 Å². The molecule has 0 rings (SSSR count). The zero-order valence-corrected chi connectivity index (χ0v) is 10.5. The highest BCUT2D eigenvalue weighted by molar-refractivity contribution is 7.16. The van der Waals surface area contributed by atoms with Crippen LogP contribution in [-0.4, -0.2) is 12.4 Å². The van der Waals surface area contributed by atoms with Gasteiger partial charge in [0, 0.05) is 6.42 Å². The molecule has 14 heavy (non-hydrogen) atoms. The lowest BCUT2D eigenvalue weighted by atomic mass is 10.1. The van der Waals surface area contributed by atoms with Gasteiger partial charge in [0.1, 0.15) is 6.29 Å². The van der Waals surface area contributed by atoms with Crippen LogP contribution in [-0.2, 0) is 4.79 Å². The molecule has 0 radical (unpaired) electrons. The molecule has 2 heteroatoms. The molecular formula is C12H25OP. The van der Waals surface area contributed by atoms with Gasteiger partial charge < -0.3 is 4.79 Å². The van der Waals surface area contributed by atoms with E-state index in [1.54, 1.807) is 0 Å². The molecule has 0 bridgehead atoms. The molecule has 0 aliphatic carbocycles. The van der Waals surface area contributed by atoms with Crippen LogP contribution in [0, 0.1) is 0 Å². The van der Waals surface area contributed by atoms with Crippen molar-refractivity contribution < 1.29 is 4.79 Å². The highest BCUT2D eigenvalue weighted by Crippen LogP contribution is 2.10. The average molecular weight is 216 g/mol. The van der Waals surface area contributed by atoms with Crippen molar-refractivity contribution in [1.82, 2.24) is 0 Å². The van der Waals surface area contributed by atoms with Gasteiger partial charge in [0.15, 0.2) is 0 Å². The third-order valence-corrected chi connectivity index (χ3v) is 2.93. The van der Waals surface area contributed by atoms with Crippen molar-refractivity contribution in [2.24, 2.45) is 0 Å². The lowest BCUT2D eigenvalue weighted by Gasteiger charge is -2.00. The van der Waals surface area contributed by atoms with Gasteiger partial charge in [-0.05, 0) is 19.0 Å². The van der Waals surface area contributed by atoms with Gasteiger partial charge in [-0.3, -0.25) is 0 Å². The predicted octanol–water partition coefficient (Wildman–Crippen LogP) is 3.96. The van der Waals surface area contributed by atoms with E-state index < -0.39 is 0 Å². The normalized spacial score (nSPS) is 10.4. The van der Waals surface area contributed by atoms with Gasteiger partial charge in [0.25, 0.3) is 0 Å². The Kier molecular flexibility index (Phi) is 13.2. The van der Waals surface area contributed by atoms with Crippen LogP contribution in [0.25, 0.3) is 0 Å².